The first-order chi connectivity index (χ1) is 13.7. The van der Waals surface area contributed by atoms with E-state index in [9.17, 15) is 4.79 Å². The maximum Gasteiger partial charge on any atom is 0.193 e. The highest BCUT2D eigenvalue weighted by molar-refractivity contribution is 5.79. The molecule has 0 aliphatic carbocycles. The van der Waals surface area contributed by atoms with Gasteiger partial charge in [0, 0.05) is 44.4 Å². The number of hydrogen-bond donors (Lipinski definition) is 1. The molecule has 0 bridgehead atoms. The molecule has 0 radical (unpaired) electrons. The molecule has 1 N–H and O–H groups in total. The Morgan fingerprint density at radius 1 is 1.00 bits per heavy atom. The standard InChI is InChI=1S/C22H24N2O4/c1-26-20-6-4-16(12-22(20)27-2)21-13-18(25)17-11-15(3-5-19(17)28-21)14-24-9-7-23-8-10-24/h3-6,11-13,23H,7-10,14H2,1-2H3. The number of ether oxygens (including phenoxy) is 2. The van der Waals surface area contributed by atoms with Crippen molar-refractivity contribution < 1.29 is 13.9 Å². The summed E-state index contributed by atoms with van der Waals surface area (Å²) in [6.07, 6.45) is 0. The minimum absolute atomic E-state index is 0.0480. The van der Waals surface area contributed by atoms with Crippen LogP contribution in [0.2, 0.25) is 0 Å². The van der Waals surface area contributed by atoms with Crippen molar-refractivity contribution in [3.05, 3.63) is 58.3 Å². The fraction of sp³-hybridized carbons (Fsp3) is 0.318. The van der Waals surface area contributed by atoms with Crippen LogP contribution in [-0.2, 0) is 6.54 Å². The maximum atomic E-state index is 12.8. The zero-order valence-corrected chi connectivity index (χ0v) is 16.2. The predicted molar refractivity (Wildman–Crippen MR) is 109 cm³/mol. The van der Waals surface area contributed by atoms with Crippen molar-refractivity contribution in [1.82, 2.24) is 10.2 Å². The molecule has 1 fully saturated rings. The third-order valence-electron chi connectivity index (χ3n) is 5.08. The van der Waals surface area contributed by atoms with Gasteiger partial charge in [0.2, 0.25) is 0 Å². The van der Waals surface area contributed by atoms with Crippen LogP contribution in [0.25, 0.3) is 22.3 Å². The average Bonchev–Trinajstić information content (AvgIpc) is 2.74. The van der Waals surface area contributed by atoms with Crippen LogP contribution in [-0.4, -0.2) is 45.3 Å². The predicted octanol–water partition coefficient (Wildman–Crippen LogP) is 2.88. The SMILES string of the molecule is COc1ccc(-c2cc(=O)c3cc(CN4CCNCC4)ccc3o2)cc1OC. The quantitative estimate of drug-likeness (QED) is 0.734. The Morgan fingerprint density at radius 2 is 1.79 bits per heavy atom. The van der Waals surface area contributed by atoms with E-state index in [1.807, 2.05) is 30.3 Å². The summed E-state index contributed by atoms with van der Waals surface area (Å²) in [6.45, 7) is 4.89. The summed E-state index contributed by atoms with van der Waals surface area (Å²) < 4.78 is 16.6. The lowest BCUT2D eigenvalue weighted by molar-refractivity contribution is 0.233. The lowest BCUT2D eigenvalue weighted by atomic mass is 10.1. The Bertz CT molecular complexity index is 1040. The Balaban J connectivity index is 1.67. The van der Waals surface area contributed by atoms with Gasteiger partial charge >= 0.3 is 0 Å². The number of fused-ring (bicyclic) bond motifs is 1. The van der Waals surface area contributed by atoms with Gasteiger partial charge in [-0.1, -0.05) is 6.07 Å². The van der Waals surface area contributed by atoms with Gasteiger partial charge in [-0.25, -0.2) is 0 Å². The van der Waals surface area contributed by atoms with Crippen LogP contribution in [0.15, 0.2) is 51.7 Å². The molecule has 28 heavy (non-hydrogen) atoms. The summed E-state index contributed by atoms with van der Waals surface area (Å²) in [5.41, 5.74) is 2.43. The van der Waals surface area contributed by atoms with Crippen molar-refractivity contribution in [3.8, 4) is 22.8 Å². The Kier molecular flexibility index (Phi) is 5.32. The summed E-state index contributed by atoms with van der Waals surface area (Å²) in [5.74, 6) is 1.73. The maximum absolute atomic E-state index is 12.8. The Morgan fingerprint density at radius 3 is 2.54 bits per heavy atom. The number of benzene rings is 2. The molecule has 0 saturated carbocycles. The van der Waals surface area contributed by atoms with Crippen LogP contribution in [0, 0.1) is 0 Å². The molecular formula is C22H24N2O4. The lowest BCUT2D eigenvalue weighted by Crippen LogP contribution is -2.42. The summed E-state index contributed by atoms with van der Waals surface area (Å²) in [4.78, 5) is 15.1. The van der Waals surface area contributed by atoms with E-state index >= 15 is 0 Å². The van der Waals surface area contributed by atoms with Gasteiger partial charge in [-0.15, -0.1) is 0 Å². The Hall–Kier alpha value is -2.83. The number of piperazine rings is 1. The normalized spacial score (nSPS) is 14.9. The molecule has 4 rings (SSSR count). The van der Waals surface area contributed by atoms with Gasteiger partial charge in [0.15, 0.2) is 16.9 Å². The van der Waals surface area contributed by atoms with Gasteiger partial charge in [-0.3, -0.25) is 9.69 Å². The molecule has 1 aliphatic heterocycles. The highest BCUT2D eigenvalue weighted by Crippen LogP contribution is 2.32. The number of hydrogen-bond acceptors (Lipinski definition) is 6. The third-order valence-corrected chi connectivity index (χ3v) is 5.08. The fourth-order valence-electron chi connectivity index (χ4n) is 3.56. The first-order valence-electron chi connectivity index (χ1n) is 9.40. The number of nitrogens with one attached hydrogen (secondary N) is 1. The highest BCUT2D eigenvalue weighted by atomic mass is 16.5. The minimum Gasteiger partial charge on any atom is -0.493 e. The largest absolute Gasteiger partial charge is 0.493 e. The zero-order chi connectivity index (χ0) is 19.5. The van der Waals surface area contributed by atoms with Crippen molar-refractivity contribution in [3.63, 3.8) is 0 Å². The van der Waals surface area contributed by atoms with Crippen LogP contribution in [0.4, 0.5) is 0 Å². The van der Waals surface area contributed by atoms with E-state index in [1.165, 1.54) is 6.07 Å². The topological polar surface area (TPSA) is 63.9 Å². The summed E-state index contributed by atoms with van der Waals surface area (Å²) >= 11 is 0. The Labute approximate surface area is 163 Å². The third kappa shape index (κ3) is 3.74. The van der Waals surface area contributed by atoms with Gasteiger partial charge in [0.25, 0.3) is 0 Å². The van der Waals surface area contributed by atoms with Crippen molar-refractivity contribution in [2.75, 3.05) is 40.4 Å². The van der Waals surface area contributed by atoms with Crippen molar-refractivity contribution in [1.29, 1.82) is 0 Å². The molecule has 0 spiro atoms. The van der Waals surface area contributed by atoms with E-state index in [0.717, 1.165) is 43.9 Å². The van der Waals surface area contributed by atoms with E-state index < -0.39 is 0 Å². The van der Waals surface area contributed by atoms with Crippen LogP contribution in [0.1, 0.15) is 5.56 Å². The van der Waals surface area contributed by atoms with Gasteiger partial charge < -0.3 is 19.2 Å². The molecule has 1 aromatic heterocycles. The minimum atomic E-state index is -0.0480. The van der Waals surface area contributed by atoms with Gasteiger partial charge in [0.05, 0.1) is 19.6 Å². The first-order valence-corrected chi connectivity index (χ1v) is 9.40. The van der Waals surface area contributed by atoms with Crippen molar-refractivity contribution >= 4 is 11.0 Å². The molecule has 0 amide bonds. The molecule has 3 aromatic rings. The monoisotopic (exact) mass is 380 g/mol. The van der Waals surface area contributed by atoms with E-state index in [4.69, 9.17) is 13.9 Å². The van der Waals surface area contributed by atoms with E-state index in [2.05, 4.69) is 10.2 Å². The zero-order valence-electron chi connectivity index (χ0n) is 16.2. The molecular weight excluding hydrogens is 356 g/mol. The molecule has 6 nitrogen and oxygen atoms in total. The second kappa shape index (κ2) is 8.04. The molecule has 146 valence electrons. The highest BCUT2D eigenvalue weighted by Gasteiger charge is 2.13. The van der Waals surface area contributed by atoms with Crippen molar-refractivity contribution in [2.24, 2.45) is 0 Å². The fourth-order valence-corrected chi connectivity index (χ4v) is 3.56. The molecule has 6 heteroatoms. The summed E-state index contributed by atoms with van der Waals surface area (Å²) in [7, 11) is 3.17. The smallest absolute Gasteiger partial charge is 0.193 e. The molecule has 0 atom stereocenters. The molecule has 0 unspecified atom stereocenters. The molecule has 1 saturated heterocycles. The second-order valence-corrected chi connectivity index (χ2v) is 6.90. The lowest BCUT2D eigenvalue weighted by Gasteiger charge is -2.27. The second-order valence-electron chi connectivity index (χ2n) is 6.90. The van der Waals surface area contributed by atoms with Crippen LogP contribution in [0.5, 0.6) is 11.5 Å². The summed E-state index contributed by atoms with van der Waals surface area (Å²) in [5, 5.41) is 3.96. The number of nitrogens with zero attached hydrogens (tertiary/aromatic N) is 1. The van der Waals surface area contributed by atoms with E-state index in [1.54, 1.807) is 20.3 Å². The van der Waals surface area contributed by atoms with Crippen LogP contribution in [0.3, 0.4) is 0 Å². The first kappa shape index (κ1) is 18.5. The van der Waals surface area contributed by atoms with E-state index in [-0.39, 0.29) is 5.43 Å². The van der Waals surface area contributed by atoms with Crippen LogP contribution < -0.4 is 20.2 Å². The van der Waals surface area contributed by atoms with E-state index in [0.29, 0.717) is 28.2 Å². The summed E-state index contributed by atoms with van der Waals surface area (Å²) in [6, 6.07) is 12.9. The molecule has 2 aromatic carbocycles. The number of methoxy groups -OCH3 is 2. The van der Waals surface area contributed by atoms with Crippen LogP contribution >= 0.6 is 0 Å². The number of rotatable bonds is 5. The van der Waals surface area contributed by atoms with Crippen molar-refractivity contribution in [2.45, 2.75) is 6.54 Å². The molecule has 1 aliphatic rings. The molecule has 2 heterocycles. The van der Waals surface area contributed by atoms with Gasteiger partial charge in [-0.05, 0) is 35.9 Å². The van der Waals surface area contributed by atoms with Gasteiger partial charge in [-0.2, -0.15) is 0 Å². The average molecular weight is 380 g/mol. The van der Waals surface area contributed by atoms with Gasteiger partial charge in [0.1, 0.15) is 11.3 Å².